The van der Waals surface area contributed by atoms with Gasteiger partial charge in [-0.15, -0.1) is 0 Å². The molecule has 1 rings (SSSR count). The number of benzene rings is 1. The second-order valence-electron chi connectivity index (χ2n) is 4.71. The number of nitrogens with two attached hydrogens (primary N) is 1. The summed E-state index contributed by atoms with van der Waals surface area (Å²) in [4.78, 5) is 25.4. The molecule has 1 aromatic rings. The van der Waals surface area contributed by atoms with Gasteiger partial charge in [0, 0.05) is 20.0 Å². The number of hydrogen-bond acceptors (Lipinski definition) is 3. The van der Waals surface area contributed by atoms with Crippen molar-refractivity contribution in [3.63, 3.8) is 0 Å². The van der Waals surface area contributed by atoms with Crippen molar-refractivity contribution in [2.75, 3.05) is 26.0 Å². The normalized spacial score (nSPS) is 11.8. The fraction of sp³-hybridized carbons (Fsp3) is 0.429. The summed E-state index contributed by atoms with van der Waals surface area (Å²) in [6.45, 7) is 2.28. The van der Waals surface area contributed by atoms with E-state index in [-0.39, 0.29) is 17.7 Å². The van der Waals surface area contributed by atoms with Crippen LogP contribution in [0.1, 0.15) is 23.7 Å². The number of nitrogens with one attached hydrogen (secondary N) is 1. The van der Waals surface area contributed by atoms with Crippen LogP contribution in [-0.4, -0.2) is 37.4 Å². The van der Waals surface area contributed by atoms with Gasteiger partial charge in [-0.05, 0) is 25.1 Å². The van der Waals surface area contributed by atoms with Crippen molar-refractivity contribution in [2.24, 2.45) is 11.7 Å². The minimum atomic E-state index is -0.174. The van der Waals surface area contributed by atoms with E-state index >= 15 is 0 Å². The maximum Gasteiger partial charge on any atom is 0.255 e. The van der Waals surface area contributed by atoms with Crippen LogP contribution in [0.15, 0.2) is 24.3 Å². The Hall–Kier alpha value is -1.88. The van der Waals surface area contributed by atoms with Gasteiger partial charge in [-0.2, -0.15) is 0 Å². The summed E-state index contributed by atoms with van der Waals surface area (Å²) in [7, 11) is 3.36. The van der Waals surface area contributed by atoms with E-state index in [1.54, 1.807) is 38.4 Å². The number of anilines is 1. The summed E-state index contributed by atoms with van der Waals surface area (Å²) in [5.41, 5.74) is 6.46. The standard InChI is InChI=1S/C14H21N3O2/c1-10(8-9-15)13(18)16-12-7-5-4-6-11(12)14(19)17(2)3/h4-7,10H,8-9,15H2,1-3H3,(H,16,18). The van der Waals surface area contributed by atoms with E-state index in [9.17, 15) is 9.59 Å². The monoisotopic (exact) mass is 263 g/mol. The second-order valence-corrected chi connectivity index (χ2v) is 4.71. The lowest BCUT2D eigenvalue weighted by molar-refractivity contribution is -0.119. The zero-order valence-corrected chi connectivity index (χ0v) is 11.6. The van der Waals surface area contributed by atoms with Crippen LogP contribution in [0, 0.1) is 5.92 Å². The molecule has 3 N–H and O–H groups in total. The third kappa shape index (κ3) is 4.06. The Morgan fingerprint density at radius 2 is 1.95 bits per heavy atom. The van der Waals surface area contributed by atoms with Gasteiger partial charge in [0.05, 0.1) is 11.3 Å². The van der Waals surface area contributed by atoms with Crippen LogP contribution in [0.3, 0.4) is 0 Å². The molecule has 0 aromatic heterocycles. The number of para-hydroxylation sites is 1. The highest BCUT2D eigenvalue weighted by Gasteiger charge is 2.17. The molecule has 19 heavy (non-hydrogen) atoms. The van der Waals surface area contributed by atoms with E-state index in [0.717, 1.165) is 0 Å². The molecule has 0 bridgehead atoms. The van der Waals surface area contributed by atoms with Crippen molar-refractivity contribution in [3.05, 3.63) is 29.8 Å². The smallest absolute Gasteiger partial charge is 0.255 e. The van der Waals surface area contributed by atoms with E-state index in [4.69, 9.17) is 5.73 Å². The number of amides is 2. The zero-order chi connectivity index (χ0) is 14.4. The van der Waals surface area contributed by atoms with Crippen LogP contribution in [0.25, 0.3) is 0 Å². The van der Waals surface area contributed by atoms with Crippen molar-refractivity contribution >= 4 is 17.5 Å². The van der Waals surface area contributed by atoms with E-state index in [0.29, 0.717) is 24.2 Å². The number of rotatable bonds is 5. The largest absolute Gasteiger partial charge is 0.345 e. The van der Waals surface area contributed by atoms with Crippen molar-refractivity contribution in [1.29, 1.82) is 0 Å². The summed E-state index contributed by atoms with van der Waals surface area (Å²) in [6.07, 6.45) is 0.621. The van der Waals surface area contributed by atoms with Crippen LogP contribution in [-0.2, 0) is 4.79 Å². The Morgan fingerprint density at radius 1 is 1.32 bits per heavy atom. The Balaban J connectivity index is 2.90. The number of nitrogens with zero attached hydrogens (tertiary/aromatic N) is 1. The summed E-state index contributed by atoms with van der Waals surface area (Å²) in [6, 6.07) is 6.99. The fourth-order valence-electron chi connectivity index (χ4n) is 1.66. The minimum absolute atomic E-state index is 0.121. The van der Waals surface area contributed by atoms with Gasteiger partial charge in [0.1, 0.15) is 0 Å². The maximum atomic E-state index is 12.0. The summed E-state index contributed by atoms with van der Waals surface area (Å²) < 4.78 is 0. The first-order valence-corrected chi connectivity index (χ1v) is 6.29. The van der Waals surface area contributed by atoms with E-state index < -0.39 is 0 Å². The minimum Gasteiger partial charge on any atom is -0.345 e. The first kappa shape index (κ1) is 15.2. The second kappa shape index (κ2) is 6.89. The average Bonchev–Trinajstić information content (AvgIpc) is 2.38. The molecule has 0 radical (unpaired) electrons. The molecule has 5 heteroatoms. The molecule has 1 unspecified atom stereocenters. The first-order chi connectivity index (χ1) is 8.97. The summed E-state index contributed by atoms with van der Waals surface area (Å²) in [5.74, 6) is -0.431. The number of carbonyl (C=O) groups is 2. The van der Waals surface area contributed by atoms with E-state index in [1.165, 1.54) is 4.90 Å². The molecule has 0 heterocycles. The Kier molecular flexibility index (Phi) is 5.51. The highest BCUT2D eigenvalue weighted by atomic mass is 16.2. The predicted molar refractivity (Wildman–Crippen MR) is 75.9 cm³/mol. The molecule has 1 aromatic carbocycles. The van der Waals surface area contributed by atoms with Gasteiger partial charge in [0.25, 0.3) is 5.91 Å². The molecule has 0 spiro atoms. The molecule has 0 fully saturated rings. The molecule has 0 aliphatic carbocycles. The fourth-order valence-corrected chi connectivity index (χ4v) is 1.66. The molecule has 0 aliphatic heterocycles. The van der Waals surface area contributed by atoms with Crippen molar-refractivity contribution in [2.45, 2.75) is 13.3 Å². The molecule has 2 amide bonds. The van der Waals surface area contributed by atoms with Crippen molar-refractivity contribution in [1.82, 2.24) is 4.90 Å². The van der Waals surface area contributed by atoms with Crippen LogP contribution in [0.4, 0.5) is 5.69 Å². The van der Waals surface area contributed by atoms with Crippen LogP contribution < -0.4 is 11.1 Å². The lowest BCUT2D eigenvalue weighted by atomic mass is 10.1. The lowest BCUT2D eigenvalue weighted by Gasteiger charge is -2.16. The highest BCUT2D eigenvalue weighted by Crippen LogP contribution is 2.17. The third-order valence-electron chi connectivity index (χ3n) is 2.87. The topological polar surface area (TPSA) is 75.4 Å². The van der Waals surface area contributed by atoms with Gasteiger partial charge in [-0.25, -0.2) is 0 Å². The van der Waals surface area contributed by atoms with Crippen LogP contribution in [0.2, 0.25) is 0 Å². The molecule has 0 saturated heterocycles. The van der Waals surface area contributed by atoms with Crippen molar-refractivity contribution < 1.29 is 9.59 Å². The molecule has 1 atom stereocenters. The number of hydrogen-bond donors (Lipinski definition) is 2. The van der Waals surface area contributed by atoms with Crippen molar-refractivity contribution in [3.8, 4) is 0 Å². The van der Waals surface area contributed by atoms with Gasteiger partial charge < -0.3 is 16.0 Å². The van der Waals surface area contributed by atoms with Crippen LogP contribution in [0.5, 0.6) is 0 Å². The Bertz CT molecular complexity index is 458. The van der Waals surface area contributed by atoms with Gasteiger partial charge >= 0.3 is 0 Å². The first-order valence-electron chi connectivity index (χ1n) is 6.29. The van der Waals surface area contributed by atoms with E-state index in [1.807, 2.05) is 6.92 Å². The van der Waals surface area contributed by atoms with Gasteiger partial charge in [0.15, 0.2) is 0 Å². The Labute approximate surface area is 113 Å². The average molecular weight is 263 g/mol. The van der Waals surface area contributed by atoms with Gasteiger partial charge in [0.2, 0.25) is 5.91 Å². The summed E-state index contributed by atoms with van der Waals surface area (Å²) in [5, 5.41) is 2.79. The molecule has 0 saturated carbocycles. The van der Waals surface area contributed by atoms with Gasteiger partial charge in [-0.3, -0.25) is 9.59 Å². The molecule has 0 aliphatic rings. The molecule has 5 nitrogen and oxygen atoms in total. The SMILES string of the molecule is CC(CCN)C(=O)Nc1ccccc1C(=O)N(C)C. The van der Waals surface area contributed by atoms with Crippen LogP contribution >= 0.6 is 0 Å². The number of carbonyl (C=O) groups excluding carboxylic acids is 2. The maximum absolute atomic E-state index is 12.0. The van der Waals surface area contributed by atoms with Gasteiger partial charge in [-0.1, -0.05) is 19.1 Å². The third-order valence-corrected chi connectivity index (χ3v) is 2.87. The molecule has 104 valence electrons. The van der Waals surface area contributed by atoms with E-state index in [2.05, 4.69) is 5.32 Å². The molecular weight excluding hydrogens is 242 g/mol. The summed E-state index contributed by atoms with van der Waals surface area (Å²) >= 11 is 0. The zero-order valence-electron chi connectivity index (χ0n) is 11.6. The quantitative estimate of drug-likeness (QED) is 0.841. The highest BCUT2D eigenvalue weighted by molar-refractivity contribution is 6.03. The predicted octanol–water partition coefficient (Wildman–Crippen LogP) is 1.31. The molecular formula is C14H21N3O2. The Morgan fingerprint density at radius 3 is 2.53 bits per heavy atom. The lowest BCUT2D eigenvalue weighted by Crippen LogP contribution is -2.26.